The van der Waals surface area contributed by atoms with E-state index >= 15 is 0 Å². The van der Waals surface area contributed by atoms with Crippen molar-refractivity contribution < 1.29 is 9.59 Å². The van der Waals surface area contributed by atoms with Gasteiger partial charge in [-0.3, -0.25) is 9.59 Å². The minimum atomic E-state index is -0.273. The fourth-order valence-electron chi connectivity index (χ4n) is 2.68. The van der Waals surface area contributed by atoms with Gasteiger partial charge < -0.3 is 0 Å². The van der Waals surface area contributed by atoms with E-state index in [1.54, 1.807) is 0 Å². The molecule has 1 fully saturated rings. The number of hydrogen-bond acceptors (Lipinski definition) is 2. The third kappa shape index (κ3) is 3.40. The molecule has 1 saturated carbocycles. The van der Waals surface area contributed by atoms with Crippen LogP contribution in [0.5, 0.6) is 0 Å². The molecule has 0 aliphatic heterocycles. The van der Waals surface area contributed by atoms with E-state index in [4.69, 9.17) is 0 Å². The molecular formula is C15H26O2. The van der Waals surface area contributed by atoms with E-state index in [9.17, 15) is 9.59 Å². The quantitative estimate of drug-likeness (QED) is 0.736. The van der Waals surface area contributed by atoms with Gasteiger partial charge in [-0.2, -0.15) is 0 Å². The molecule has 98 valence electrons. The Hall–Kier alpha value is -0.660. The summed E-state index contributed by atoms with van der Waals surface area (Å²) >= 11 is 0. The van der Waals surface area contributed by atoms with Gasteiger partial charge in [-0.25, -0.2) is 0 Å². The molecule has 17 heavy (non-hydrogen) atoms. The van der Waals surface area contributed by atoms with Crippen LogP contribution < -0.4 is 0 Å². The minimum Gasteiger partial charge on any atom is -0.299 e. The molecule has 0 saturated heterocycles. The Morgan fingerprint density at radius 3 is 1.29 bits per heavy atom. The highest BCUT2D eigenvalue weighted by atomic mass is 16.1. The number of ketones is 2. The summed E-state index contributed by atoms with van der Waals surface area (Å²) in [4.78, 5) is 24.3. The van der Waals surface area contributed by atoms with Crippen LogP contribution in [0, 0.1) is 22.7 Å². The Bertz CT molecular complexity index is 283. The van der Waals surface area contributed by atoms with Gasteiger partial charge in [-0.1, -0.05) is 41.5 Å². The second-order valence-electron chi connectivity index (χ2n) is 7.44. The maximum Gasteiger partial charge on any atom is 0.141 e. The van der Waals surface area contributed by atoms with E-state index in [-0.39, 0.29) is 22.7 Å². The van der Waals surface area contributed by atoms with Crippen molar-refractivity contribution in [2.45, 2.75) is 60.8 Å². The Labute approximate surface area is 105 Å². The second-order valence-corrected chi connectivity index (χ2v) is 7.44. The van der Waals surface area contributed by atoms with Crippen LogP contribution in [0.1, 0.15) is 60.8 Å². The van der Waals surface area contributed by atoms with Crippen molar-refractivity contribution in [3.63, 3.8) is 0 Å². The summed E-state index contributed by atoms with van der Waals surface area (Å²) in [5, 5.41) is 0. The van der Waals surface area contributed by atoms with E-state index < -0.39 is 0 Å². The highest BCUT2D eigenvalue weighted by Gasteiger charge is 2.40. The third-order valence-electron chi connectivity index (χ3n) is 3.65. The number of rotatable bonds is 2. The van der Waals surface area contributed by atoms with Crippen LogP contribution in [-0.4, -0.2) is 11.6 Å². The number of hydrogen-bond donors (Lipinski definition) is 0. The highest BCUT2D eigenvalue weighted by molar-refractivity contribution is 5.90. The first kappa shape index (κ1) is 14.4. The van der Waals surface area contributed by atoms with Gasteiger partial charge in [0.15, 0.2) is 0 Å². The van der Waals surface area contributed by atoms with Crippen LogP contribution in [0.2, 0.25) is 0 Å². The van der Waals surface area contributed by atoms with E-state index in [1.165, 1.54) is 0 Å². The van der Waals surface area contributed by atoms with Crippen LogP contribution in [0.4, 0.5) is 0 Å². The molecule has 0 radical (unpaired) electrons. The monoisotopic (exact) mass is 238 g/mol. The lowest BCUT2D eigenvalue weighted by Crippen LogP contribution is -2.29. The standard InChI is InChI=1S/C15H26O2/c1-14(2,3)12(16)10-7-8-11(9-10)13(17)15(4,5)6/h10-11H,7-9H2,1-6H3/t10-,11+. The van der Waals surface area contributed by atoms with Gasteiger partial charge in [0.2, 0.25) is 0 Å². The van der Waals surface area contributed by atoms with Crippen LogP contribution in [-0.2, 0) is 9.59 Å². The summed E-state index contributed by atoms with van der Waals surface area (Å²) in [6.45, 7) is 11.8. The fraction of sp³-hybridized carbons (Fsp3) is 0.867. The largest absolute Gasteiger partial charge is 0.299 e. The molecule has 0 heterocycles. The molecule has 2 atom stereocenters. The van der Waals surface area contributed by atoms with Crippen molar-refractivity contribution in [3.8, 4) is 0 Å². The molecule has 1 aliphatic rings. The lowest BCUT2D eigenvalue weighted by Gasteiger charge is -2.23. The van der Waals surface area contributed by atoms with Crippen LogP contribution >= 0.6 is 0 Å². The first-order valence-corrected chi connectivity index (χ1v) is 6.62. The van der Waals surface area contributed by atoms with Gasteiger partial charge in [0.05, 0.1) is 0 Å². The van der Waals surface area contributed by atoms with Crippen molar-refractivity contribution in [1.82, 2.24) is 0 Å². The zero-order valence-corrected chi connectivity index (χ0v) is 12.1. The first-order valence-electron chi connectivity index (χ1n) is 6.62. The average Bonchev–Trinajstić information content (AvgIpc) is 2.60. The van der Waals surface area contributed by atoms with E-state index in [0.717, 1.165) is 19.3 Å². The number of carbonyl (C=O) groups is 2. The fourth-order valence-corrected chi connectivity index (χ4v) is 2.68. The molecule has 2 heteroatoms. The molecule has 0 aromatic carbocycles. The molecule has 0 aromatic heterocycles. The van der Waals surface area contributed by atoms with Gasteiger partial charge in [0.25, 0.3) is 0 Å². The topological polar surface area (TPSA) is 34.1 Å². The Morgan fingerprint density at radius 2 is 1.06 bits per heavy atom. The van der Waals surface area contributed by atoms with Gasteiger partial charge in [-0.05, 0) is 19.3 Å². The molecule has 1 rings (SSSR count). The number of Topliss-reactive ketones (excluding diaryl/α,β-unsaturated/α-hetero) is 2. The van der Waals surface area contributed by atoms with Crippen molar-refractivity contribution in [2.75, 3.05) is 0 Å². The SMILES string of the molecule is CC(C)(C)C(=O)[C@@H]1CC[C@H](C(=O)C(C)(C)C)C1. The van der Waals surface area contributed by atoms with Crippen LogP contribution in [0.15, 0.2) is 0 Å². The van der Waals surface area contributed by atoms with E-state index in [2.05, 4.69) is 0 Å². The Morgan fingerprint density at radius 1 is 0.765 bits per heavy atom. The zero-order valence-electron chi connectivity index (χ0n) is 12.1. The summed E-state index contributed by atoms with van der Waals surface area (Å²) < 4.78 is 0. The maximum absolute atomic E-state index is 12.2. The third-order valence-corrected chi connectivity index (χ3v) is 3.65. The summed E-state index contributed by atoms with van der Waals surface area (Å²) in [7, 11) is 0. The van der Waals surface area contributed by atoms with Crippen LogP contribution in [0.3, 0.4) is 0 Å². The molecule has 0 spiro atoms. The summed E-state index contributed by atoms with van der Waals surface area (Å²) in [5.74, 6) is 0.848. The van der Waals surface area contributed by atoms with Crippen molar-refractivity contribution in [2.24, 2.45) is 22.7 Å². The van der Waals surface area contributed by atoms with Gasteiger partial charge in [-0.15, -0.1) is 0 Å². The number of carbonyl (C=O) groups excluding carboxylic acids is 2. The lowest BCUT2D eigenvalue weighted by molar-refractivity contribution is -0.131. The zero-order chi connectivity index (χ0) is 13.4. The predicted molar refractivity (Wildman–Crippen MR) is 69.8 cm³/mol. The van der Waals surface area contributed by atoms with E-state index in [1.807, 2.05) is 41.5 Å². The molecule has 0 aromatic rings. The molecule has 0 bridgehead atoms. The Kier molecular flexibility index (Phi) is 3.85. The lowest BCUT2D eigenvalue weighted by atomic mass is 9.79. The molecule has 1 aliphatic carbocycles. The normalized spacial score (nSPS) is 26.0. The summed E-state index contributed by atoms with van der Waals surface area (Å²) in [6, 6.07) is 0. The Balaban J connectivity index is 2.66. The minimum absolute atomic E-state index is 0.103. The average molecular weight is 238 g/mol. The van der Waals surface area contributed by atoms with Crippen molar-refractivity contribution in [3.05, 3.63) is 0 Å². The smallest absolute Gasteiger partial charge is 0.141 e. The molecule has 2 nitrogen and oxygen atoms in total. The molecule has 0 amide bonds. The van der Waals surface area contributed by atoms with Gasteiger partial charge >= 0.3 is 0 Å². The second kappa shape index (κ2) is 4.55. The highest BCUT2D eigenvalue weighted by Crippen LogP contribution is 2.39. The summed E-state index contributed by atoms with van der Waals surface area (Å²) in [5.41, 5.74) is -0.547. The van der Waals surface area contributed by atoms with Crippen molar-refractivity contribution in [1.29, 1.82) is 0 Å². The molecular weight excluding hydrogens is 212 g/mol. The van der Waals surface area contributed by atoms with Gasteiger partial charge in [0, 0.05) is 22.7 Å². The van der Waals surface area contributed by atoms with Crippen molar-refractivity contribution >= 4 is 11.6 Å². The molecule has 0 unspecified atom stereocenters. The predicted octanol–water partition coefficient (Wildman–Crippen LogP) is 3.63. The van der Waals surface area contributed by atoms with Gasteiger partial charge in [0.1, 0.15) is 11.6 Å². The molecule has 0 N–H and O–H groups in total. The first-order chi connectivity index (χ1) is 7.53. The summed E-state index contributed by atoms with van der Waals surface area (Å²) in [6.07, 6.45) is 2.55. The maximum atomic E-state index is 12.2. The van der Waals surface area contributed by atoms with E-state index in [0.29, 0.717) is 11.6 Å². The van der Waals surface area contributed by atoms with Crippen LogP contribution in [0.25, 0.3) is 0 Å².